The number of ether oxygens (including phenoxy) is 1. The van der Waals surface area contributed by atoms with Crippen LogP contribution in [-0.4, -0.2) is 35.5 Å². The van der Waals surface area contributed by atoms with E-state index in [1.54, 1.807) is 6.20 Å². The molecule has 0 spiro atoms. The minimum absolute atomic E-state index is 0.0723. The standard InChI is InChI=1S/C14H18N4O3S/c19-22(20,14-9-15-10-17-14)18-11-4-6-12(7-5-11)21-13-3-1-2-8-16-13/h1-3,8-12,18H,4-7H2,(H,15,17). The number of hydrogen-bond acceptors (Lipinski definition) is 5. The van der Waals surface area contributed by atoms with Crippen LogP contribution in [0.2, 0.25) is 0 Å². The third kappa shape index (κ3) is 3.63. The Morgan fingerprint density at radius 1 is 1.23 bits per heavy atom. The molecule has 0 saturated heterocycles. The van der Waals surface area contributed by atoms with Crippen LogP contribution in [0.4, 0.5) is 0 Å². The van der Waals surface area contributed by atoms with E-state index in [0.717, 1.165) is 25.7 Å². The van der Waals surface area contributed by atoms with Crippen LogP contribution in [-0.2, 0) is 10.0 Å². The minimum Gasteiger partial charge on any atom is -0.474 e. The molecule has 1 saturated carbocycles. The molecule has 0 bridgehead atoms. The highest BCUT2D eigenvalue weighted by Gasteiger charge is 2.27. The van der Waals surface area contributed by atoms with Crippen molar-refractivity contribution in [1.29, 1.82) is 0 Å². The summed E-state index contributed by atoms with van der Waals surface area (Å²) in [5.41, 5.74) is 0. The molecule has 2 N–H and O–H groups in total. The van der Waals surface area contributed by atoms with Crippen molar-refractivity contribution in [3.63, 3.8) is 0 Å². The lowest BCUT2D eigenvalue weighted by molar-refractivity contribution is 0.138. The molecular formula is C14H18N4O3S. The molecule has 7 nitrogen and oxygen atoms in total. The molecule has 0 amide bonds. The van der Waals surface area contributed by atoms with Crippen molar-refractivity contribution in [3.05, 3.63) is 36.9 Å². The molecule has 22 heavy (non-hydrogen) atoms. The van der Waals surface area contributed by atoms with Crippen LogP contribution in [0, 0.1) is 0 Å². The van der Waals surface area contributed by atoms with E-state index in [0.29, 0.717) is 5.88 Å². The molecule has 8 heteroatoms. The second-order valence-corrected chi connectivity index (χ2v) is 6.98. The van der Waals surface area contributed by atoms with Crippen molar-refractivity contribution in [2.45, 2.75) is 42.9 Å². The first-order valence-corrected chi connectivity index (χ1v) is 8.70. The number of rotatable bonds is 5. The molecule has 1 aliphatic carbocycles. The first-order valence-electron chi connectivity index (χ1n) is 7.22. The summed E-state index contributed by atoms with van der Waals surface area (Å²) < 4.78 is 32.7. The molecule has 2 aromatic rings. The first-order chi connectivity index (χ1) is 10.6. The Morgan fingerprint density at radius 2 is 2.05 bits per heavy atom. The lowest BCUT2D eigenvalue weighted by atomic mass is 9.94. The first kappa shape index (κ1) is 15.0. The maximum Gasteiger partial charge on any atom is 0.257 e. The van der Waals surface area contributed by atoms with Gasteiger partial charge in [-0.2, -0.15) is 0 Å². The van der Waals surface area contributed by atoms with Crippen LogP contribution in [0.15, 0.2) is 41.9 Å². The maximum absolute atomic E-state index is 12.1. The van der Waals surface area contributed by atoms with E-state index in [4.69, 9.17) is 4.74 Å². The van der Waals surface area contributed by atoms with E-state index in [1.807, 2.05) is 18.2 Å². The number of aromatic amines is 1. The van der Waals surface area contributed by atoms with Gasteiger partial charge in [-0.05, 0) is 31.7 Å². The van der Waals surface area contributed by atoms with Crippen molar-refractivity contribution in [1.82, 2.24) is 19.7 Å². The third-order valence-electron chi connectivity index (χ3n) is 3.68. The second kappa shape index (κ2) is 6.45. The van der Waals surface area contributed by atoms with Gasteiger partial charge in [0.15, 0.2) is 5.03 Å². The Labute approximate surface area is 129 Å². The Balaban J connectivity index is 1.52. The summed E-state index contributed by atoms with van der Waals surface area (Å²) in [6, 6.07) is 5.48. The van der Waals surface area contributed by atoms with E-state index in [1.165, 1.54) is 12.5 Å². The van der Waals surface area contributed by atoms with Gasteiger partial charge in [0.1, 0.15) is 6.10 Å². The lowest BCUT2D eigenvalue weighted by Crippen LogP contribution is -2.39. The fourth-order valence-corrected chi connectivity index (χ4v) is 3.77. The molecular weight excluding hydrogens is 304 g/mol. The molecule has 2 aromatic heterocycles. The molecule has 3 rings (SSSR count). The quantitative estimate of drug-likeness (QED) is 0.869. The predicted molar refractivity (Wildman–Crippen MR) is 79.8 cm³/mol. The summed E-state index contributed by atoms with van der Waals surface area (Å²) in [7, 11) is -3.51. The molecule has 0 aliphatic heterocycles. The van der Waals surface area contributed by atoms with E-state index in [2.05, 4.69) is 19.7 Å². The number of imidazole rings is 1. The normalized spacial score (nSPS) is 22.4. The van der Waals surface area contributed by atoms with Gasteiger partial charge >= 0.3 is 0 Å². The molecule has 0 atom stereocenters. The van der Waals surface area contributed by atoms with Gasteiger partial charge in [-0.25, -0.2) is 23.1 Å². The molecule has 0 unspecified atom stereocenters. The van der Waals surface area contributed by atoms with Crippen molar-refractivity contribution >= 4 is 10.0 Å². The maximum atomic E-state index is 12.1. The van der Waals surface area contributed by atoms with Crippen molar-refractivity contribution in [3.8, 4) is 5.88 Å². The van der Waals surface area contributed by atoms with Gasteiger partial charge < -0.3 is 9.72 Å². The zero-order valence-corrected chi connectivity index (χ0v) is 12.8. The fourth-order valence-electron chi connectivity index (χ4n) is 2.56. The highest BCUT2D eigenvalue weighted by molar-refractivity contribution is 7.89. The summed E-state index contributed by atoms with van der Waals surface area (Å²) in [6.07, 6.45) is 7.52. The minimum atomic E-state index is -3.51. The summed E-state index contributed by atoms with van der Waals surface area (Å²) in [5.74, 6) is 0.615. The van der Waals surface area contributed by atoms with Crippen LogP contribution in [0.1, 0.15) is 25.7 Å². The fraction of sp³-hybridized carbons (Fsp3) is 0.429. The van der Waals surface area contributed by atoms with Crippen LogP contribution in [0.5, 0.6) is 5.88 Å². The number of sulfonamides is 1. The topological polar surface area (TPSA) is 97.0 Å². The summed E-state index contributed by atoms with van der Waals surface area (Å²) in [4.78, 5) is 10.5. The highest BCUT2D eigenvalue weighted by atomic mass is 32.2. The largest absolute Gasteiger partial charge is 0.474 e. The molecule has 1 aliphatic rings. The van der Waals surface area contributed by atoms with Crippen LogP contribution < -0.4 is 9.46 Å². The second-order valence-electron chi connectivity index (χ2n) is 5.30. The van der Waals surface area contributed by atoms with E-state index in [-0.39, 0.29) is 17.2 Å². The number of hydrogen-bond donors (Lipinski definition) is 2. The van der Waals surface area contributed by atoms with Gasteiger partial charge in [0.25, 0.3) is 10.0 Å². The summed E-state index contributed by atoms with van der Waals surface area (Å²) in [5, 5.41) is 0.0966. The number of nitrogens with one attached hydrogen (secondary N) is 2. The zero-order chi connectivity index (χ0) is 15.4. The number of H-pyrrole nitrogens is 1. The Hall–Kier alpha value is -1.93. The SMILES string of the molecule is O=S(=O)(NC1CCC(Oc2ccccn2)CC1)c1cnc[nH]1. The smallest absolute Gasteiger partial charge is 0.257 e. The summed E-state index contributed by atoms with van der Waals surface area (Å²) >= 11 is 0. The Bertz CT molecular complexity index is 680. The lowest BCUT2D eigenvalue weighted by Gasteiger charge is -2.28. The predicted octanol–water partition coefficient (Wildman–Crippen LogP) is 1.47. The average Bonchev–Trinajstić information content (AvgIpc) is 3.05. The van der Waals surface area contributed by atoms with Crippen LogP contribution >= 0.6 is 0 Å². The molecule has 2 heterocycles. The van der Waals surface area contributed by atoms with E-state index in [9.17, 15) is 8.42 Å². The van der Waals surface area contributed by atoms with Crippen LogP contribution in [0.3, 0.4) is 0 Å². The van der Waals surface area contributed by atoms with Gasteiger partial charge in [0.05, 0.1) is 12.5 Å². The third-order valence-corrected chi connectivity index (χ3v) is 5.13. The van der Waals surface area contributed by atoms with Crippen molar-refractivity contribution < 1.29 is 13.2 Å². The average molecular weight is 322 g/mol. The summed E-state index contributed by atoms with van der Waals surface area (Å²) in [6.45, 7) is 0. The number of nitrogens with zero attached hydrogens (tertiary/aromatic N) is 2. The van der Waals surface area contributed by atoms with Gasteiger partial charge in [-0.1, -0.05) is 6.07 Å². The zero-order valence-electron chi connectivity index (χ0n) is 12.0. The highest BCUT2D eigenvalue weighted by Crippen LogP contribution is 2.23. The monoisotopic (exact) mass is 322 g/mol. The van der Waals surface area contributed by atoms with Crippen molar-refractivity contribution in [2.75, 3.05) is 0 Å². The van der Waals surface area contributed by atoms with Gasteiger partial charge in [0, 0.05) is 18.3 Å². The van der Waals surface area contributed by atoms with Crippen LogP contribution in [0.25, 0.3) is 0 Å². The molecule has 0 aromatic carbocycles. The van der Waals surface area contributed by atoms with Gasteiger partial charge in [0.2, 0.25) is 5.88 Å². The molecule has 118 valence electrons. The van der Waals surface area contributed by atoms with Gasteiger partial charge in [-0.3, -0.25) is 0 Å². The number of aromatic nitrogens is 3. The van der Waals surface area contributed by atoms with Gasteiger partial charge in [-0.15, -0.1) is 0 Å². The van der Waals surface area contributed by atoms with E-state index >= 15 is 0 Å². The van der Waals surface area contributed by atoms with Crippen molar-refractivity contribution in [2.24, 2.45) is 0 Å². The molecule has 1 fully saturated rings. The number of pyridine rings is 1. The van der Waals surface area contributed by atoms with E-state index < -0.39 is 10.0 Å². The Morgan fingerprint density at radius 3 is 2.68 bits per heavy atom. The molecule has 0 radical (unpaired) electrons. The Kier molecular flexibility index (Phi) is 4.39.